The summed E-state index contributed by atoms with van der Waals surface area (Å²) in [4.78, 5) is 53.8. The smallest absolute Gasteiger partial charge is 0.345 e. The number of amides is 2. The van der Waals surface area contributed by atoms with Gasteiger partial charge in [0.1, 0.15) is 0 Å². The third kappa shape index (κ3) is 3.19. The van der Waals surface area contributed by atoms with Gasteiger partial charge in [-0.25, -0.2) is 4.79 Å². The third-order valence-corrected chi connectivity index (χ3v) is 6.31. The van der Waals surface area contributed by atoms with Gasteiger partial charge in [-0.1, -0.05) is 24.4 Å². The predicted octanol–water partition coefficient (Wildman–Crippen LogP) is -0.576. The van der Waals surface area contributed by atoms with Gasteiger partial charge in [-0.15, -0.1) is 0 Å². The van der Waals surface area contributed by atoms with Crippen molar-refractivity contribution in [1.29, 1.82) is 0 Å². The molecule has 0 aromatic carbocycles. The molecule has 3 aliphatic rings. The SMILES string of the molecule is COC(=O)[C@]1(C(=O)[C@@H]2CCCN2)C(=S)C(=S)CN1C(=O)CN1CCCC1=O. The minimum atomic E-state index is -2.04. The summed E-state index contributed by atoms with van der Waals surface area (Å²) in [5.74, 6) is -2.09. The second-order valence-corrected chi connectivity index (χ2v) is 7.77. The number of methoxy groups -OCH3 is 1. The summed E-state index contributed by atoms with van der Waals surface area (Å²) in [5.41, 5.74) is -2.04. The number of hydrogen-bond donors (Lipinski definition) is 1. The normalized spacial score (nSPS) is 28.2. The van der Waals surface area contributed by atoms with Crippen LogP contribution in [0.5, 0.6) is 0 Å². The van der Waals surface area contributed by atoms with Crippen molar-refractivity contribution in [2.45, 2.75) is 37.3 Å². The molecule has 2 amide bonds. The predicted molar refractivity (Wildman–Crippen MR) is 104 cm³/mol. The molecule has 1 N–H and O–H groups in total. The highest BCUT2D eigenvalue weighted by Gasteiger charge is 2.63. The lowest BCUT2D eigenvalue weighted by Gasteiger charge is -2.36. The van der Waals surface area contributed by atoms with Crippen LogP contribution in [0.2, 0.25) is 0 Å². The fourth-order valence-electron chi connectivity index (χ4n) is 3.91. The van der Waals surface area contributed by atoms with Crippen molar-refractivity contribution in [3.63, 3.8) is 0 Å². The Morgan fingerprint density at radius 2 is 2.04 bits per heavy atom. The van der Waals surface area contributed by atoms with E-state index in [4.69, 9.17) is 29.2 Å². The molecule has 3 saturated heterocycles. The molecule has 2 atom stereocenters. The molecular weight excluding hydrogens is 390 g/mol. The van der Waals surface area contributed by atoms with Crippen LogP contribution in [0.1, 0.15) is 25.7 Å². The summed E-state index contributed by atoms with van der Waals surface area (Å²) in [7, 11) is 1.15. The van der Waals surface area contributed by atoms with E-state index in [0.717, 1.165) is 18.4 Å². The Balaban J connectivity index is 1.98. The number of ether oxygens (including phenoxy) is 1. The Hall–Kier alpha value is -1.78. The maximum absolute atomic E-state index is 13.4. The number of nitrogens with zero attached hydrogens (tertiary/aromatic N) is 2. The average molecular weight is 412 g/mol. The van der Waals surface area contributed by atoms with E-state index in [9.17, 15) is 19.2 Å². The number of nitrogens with one attached hydrogen (secondary N) is 1. The highest BCUT2D eigenvalue weighted by atomic mass is 32.1. The highest BCUT2D eigenvalue weighted by Crippen LogP contribution is 2.32. The van der Waals surface area contributed by atoms with E-state index in [1.165, 1.54) is 4.90 Å². The Morgan fingerprint density at radius 3 is 2.59 bits per heavy atom. The van der Waals surface area contributed by atoms with E-state index in [2.05, 4.69) is 5.32 Å². The van der Waals surface area contributed by atoms with Crippen molar-refractivity contribution >= 4 is 57.7 Å². The van der Waals surface area contributed by atoms with Crippen molar-refractivity contribution in [2.75, 3.05) is 33.3 Å². The lowest BCUT2D eigenvalue weighted by atomic mass is 9.85. The van der Waals surface area contributed by atoms with Gasteiger partial charge in [0.25, 0.3) is 0 Å². The van der Waals surface area contributed by atoms with Crippen LogP contribution in [-0.4, -0.2) is 88.0 Å². The first-order chi connectivity index (χ1) is 12.8. The molecule has 3 fully saturated rings. The zero-order chi connectivity index (χ0) is 19.8. The topological polar surface area (TPSA) is 96.0 Å². The number of likely N-dealkylation sites (tertiary alicyclic amines) is 2. The van der Waals surface area contributed by atoms with Crippen LogP contribution < -0.4 is 5.32 Å². The number of ketones is 1. The third-order valence-electron chi connectivity index (χ3n) is 5.30. The molecule has 0 aromatic rings. The standard InChI is InChI=1S/C17H21N3O5S2/c1-25-16(24)17(14(23)10-4-2-6-18-10)15(27)11(26)8-20(17)13(22)9-19-7-3-5-12(19)21/h10,18H,2-9H2,1H3/t10-,17-/m0/s1. The molecule has 0 unspecified atom stereocenters. The second kappa shape index (κ2) is 7.69. The van der Waals surface area contributed by atoms with Crippen molar-refractivity contribution in [3.8, 4) is 0 Å². The fourth-order valence-corrected chi connectivity index (χ4v) is 4.55. The summed E-state index contributed by atoms with van der Waals surface area (Å²) in [6.07, 6.45) is 2.38. The molecule has 146 valence electrons. The highest BCUT2D eigenvalue weighted by molar-refractivity contribution is 7.90. The molecule has 3 aliphatic heterocycles. The molecule has 0 saturated carbocycles. The van der Waals surface area contributed by atoms with Crippen LogP contribution >= 0.6 is 24.4 Å². The first kappa shape index (κ1) is 20.0. The van der Waals surface area contributed by atoms with E-state index in [1.807, 2.05) is 0 Å². The lowest BCUT2D eigenvalue weighted by molar-refractivity contribution is -0.160. The lowest BCUT2D eigenvalue weighted by Crippen LogP contribution is -2.67. The van der Waals surface area contributed by atoms with Gasteiger partial charge in [-0.2, -0.15) is 0 Å². The molecule has 0 radical (unpaired) electrons. The summed E-state index contributed by atoms with van der Waals surface area (Å²) in [5, 5.41) is 3.05. The second-order valence-electron chi connectivity index (χ2n) is 6.87. The monoisotopic (exact) mass is 411 g/mol. The van der Waals surface area contributed by atoms with Crippen molar-refractivity contribution < 1.29 is 23.9 Å². The number of carbonyl (C=O) groups excluding carboxylic acids is 4. The number of rotatable bonds is 5. The van der Waals surface area contributed by atoms with E-state index in [1.54, 1.807) is 0 Å². The van der Waals surface area contributed by atoms with Gasteiger partial charge in [0.2, 0.25) is 17.4 Å². The summed E-state index contributed by atoms with van der Waals surface area (Å²) >= 11 is 10.6. The van der Waals surface area contributed by atoms with Gasteiger partial charge in [-0.3, -0.25) is 14.4 Å². The first-order valence-corrected chi connectivity index (χ1v) is 9.67. The minimum Gasteiger partial charge on any atom is -0.467 e. The maximum Gasteiger partial charge on any atom is 0.345 e. The molecule has 0 spiro atoms. The molecular formula is C17H21N3O5S2. The number of thiocarbonyl (C=S) groups is 2. The maximum atomic E-state index is 13.4. The molecule has 27 heavy (non-hydrogen) atoms. The zero-order valence-electron chi connectivity index (χ0n) is 15.0. The van der Waals surface area contributed by atoms with Crippen molar-refractivity contribution in [3.05, 3.63) is 0 Å². The van der Waals surface area contributed by atoms with Gasteiger partial charge in [0.15, 0.2) is 5.78 Å². The molecule has 3 heterocycles. The van der Waals surface area contributed by atoms with Gasteiger partial charge in [-0.05, 0) is 25.8 Å². The molecule has 3 rings (SSSR count). The van der Waals surface area contributed by atoms with Crippen molar-refractivity contribution in [1.82, 2.24) is 15.1 Å². The fraction of sp³-hybridized carbons (Fsp3) is 0.647. The van der Waals surface area contributed by atoms with Gasteiger partial charge >= 0.3 is 5.97 Å². The zero-order valence-corrected chi connectivity index (χ0v) is 16.6. The van der Waals surface area contributed by atoms with Crippen LogP contribution in [-0.2, 0) is 23.9 Å². The quantitative estimate of drug-likeness (QED) is 0.365. The van der Waals surface area contributed by atoms with Crippen LogP contribution in [0.4, 0.5) is 0 Å². The molecule has 8 nitrogen and oxygen atoms in total. The average Bonchev–Trinajstić information content (AvgIpc) is 3.37. The summed E-state index contributed by atoms with van der Waals surface area (Å²) < 4.78 is 4.90. The van der Waals surface area contributed by atoms with E-state index < -0.39 is 29.2 Å². The van der Waals surface area contributed by atoms with Gasteiger partial charge in [0, 0.05) is 13.0 Å². The van der Waals surface area contributed by atoms with Crippen LogP contribution in [0.15, 0.2) is 0 Å². The largest absolute Gasteiger partial charge is 0.467 e. The van der Waals surface area contributed by atoms with Crippen LogP contribution in [0.3, 0.4) is 0 Å². The van der Waals surface area contributed by atoms with E-state index in [0.29, 0.717) is 32.4 Å². The number of esters is 1. The first-order valence-electron chi connectivity index (χ1n) is 8.86. The summed E-state index contributed by atoms with van der Waals surface area (Å²) in [6.45, 7) is 0.786. The van der Waals surface area contributed by atoms with E-state index in [-0.39, 0.29) is 28.7 Å². The molecule has 0 bridgehead atoms. The summed E-state index contributed by atoms with van der Waals surface area (Å²) in [6, 6.07) is -0.605. The Bertz CT molecular complexity index is 734. The molecule has 0 aromatic heterocycles. The number of carbonyl (C=O) groups is 4. The molecule has 10 heteroatoms. The van der Waals surface area contributed by atoms with Crippen LogP contribution in [0.25, 0.3) is 0 Å². The van der Waals surface area contributed by atoms with Gasteiger partial charge < -0.3 is 19.9 Å². The number of hydrogen-bond acceptors (Lipinski definition) is 8. The Kier molecular flexibility index (Phi) is 5.68. The number of Topliss-reactive ketones (excluding diaryl/α,β-unsaturated/α-hetero) is 1. The minimum absolute atomic E-state index is 0.0517. The Morgan fingerprint density at radius 1 is 1.30 bits per heavy atom. The molecule has 0 aliphatic carbocycles. The van der Waals surface area contributed by atoms with Crippen molar-refractivity contribution in [2.24, 2.45) is 0 Å². The van der Waals surface area contributed by atoms with Gasteiger partial charge in [0.05, 0.1) is 36.0 Å². The van der Waals surface area contributed by atoms with E-state index >= 15 is 0 Å². The van der Waals surface area contributed by atoms with Crippen LogP contribution in [0, 0.1) is 0 Å². The Labute approximate surface area is 167 Å².